The van der Waals surface area contributed by atoms with Crippen molar-refractivity contribution >= 4 is 46.6 Å². The summed E-state index contributed by atoms with van der Waals surface area (Å²) in [5, 5.41) is 12.6. The first-order valence-corrected chi connectivity index (χ1v) is 10.7. The number of carbonyl (C=O) groups is 1. The van der Waals surface area contributed by atoms with E-state index in [2.05, 4.69) is 15.5 Å². The molecule has 0 bridgehead atoms. The Morgan fingerprint density at radius 1 is 1.13 bits per heavy atom. The summed E-state index contributed by atoms with van der Waals surface area (Å²) < 4.78 is 12.8. The molecular weight excluding hydrogens is 447 g/mol. The molecular formula is C20H20Cl2N4O3S. The van der Waals surface area contributed by atoms with Crippen molar-refractivity contribution in [3.8, 4) is 11.5 Å². The zero-order chi connectivity index (χ0) is 21.5. The van der Waals surface area contributed by atoms with Gasteiger partial charge in [-0.2, -0.15) is 0 Å². The van der Waals surface area contributed by atoms with E-state index in [1.807, 2.05) is 31.3 Å². The second-order valence-corrected chi connectivity index (χ2v) is 8.04. The topological polar surface area (TPSA) is 78.3 Å². The number of hydrogen-bond acceptors (Lipinski definition) is 6. The Balaban J connectivity index is 1.50. The number of carbonyl (C=O) groups excluding carboxylic acids is 1. The first kappa shape index (κ1) is 22.3. The number of benzene rings is 2. The van der Waals surface area contributed by atoms with Crippen LogP contribution in [0.2, 0.25) is 10.0 Å². The fraction of sp³-hybridized carbons (Fsp3) is 0.250. The monoisotopic (exact) mass is 466 g/mol. The van der Waals surface area contributed by atoms with Crippen LogP contribution in [0.15, 0.2) is 47.6 Å². The van der Waals surface area contributed by atoms with Crippen LogP contribution in [0.4, 0.5) is 5.69 Å². The van der Waals surface area contributed by atoms with Crippen molar-refractivity contribution in [3.63, 3.8) is 0 Å². The number of anilines is 1. The lowest BCUT2D eigenvalue weighted by atomic mass is 10.3. The summed E-state index contributed by atoms with van der Waals surface area (Å²) in [7, 11) is 3.43. The van der Waals surface area contributed by atoms with Crippen LogP contribution in [0.3, 0.4) is 0 Å². The molecule has 2 aromatic carbocycles. The third kappa shape index (κ3) is 5.81. The van der Waals surface area contributed by atoms with Gasteiger partial charge in [0.25, 0.3) is 0 Å². The van der Waals surface area contributed by atoms with Crippen molar-refractivity contribution in [3.05, 3.63) is 58.3 Å². The van der Waals surface area contributed by atoms with Gasteiger partial charge >= 0.3 is 0 Å². The van der Waals surface area contributed by atoms with Crippen molar-refractivity contribution in [1.82, 2.24) is 14.8 Å². The minimum atomic E-state index is -0.222. The highest BCUT2D eigenvalue weighted by Gasteiger charge is 2.14. The Kier molecular flexibility index (Phi) is 7.84. The molecule has 30 heavy (non-hydrogen) atoms. The molecule has 0 aliphatic rings. The molecule has 1 amide bonds. The quantitative estimate of drug-likeness (QED) is 0.369. The Hall–Kier alpha value is -2.42. The van der Waals surface area contributed by atoms with Crippen LogP contribution in [0, 0.1) is 0 Å². The van der Waals surface area contributed by atoms with Crippen molar-refractivity contribution in [1.29, 1.82) is 0 Å². The molecule has 0 atom stereocenters. The van der Waals surface area contributed by atoms with Crippen LogP contribution in [-0.4, -0.2) is 40.1 Å². The number of thioether (sulfide) groups is 1. The number of hydrogen-bond donors (Lipinski definition) is 1. The summed E-state index contributed by atoms with van der Waals surface area (Å²) in [5.74, 6) is 2.38. The van der Waals surface area contributed by atoms with Crippen LogP contribution in [0.1, 0.15) is 5.82 Å². The van der Waals surface area contributed by atoms with Gasteiger partial charge in [-0.25, -0.2) is 0 Å². The molecule has 0 saturated carbocycles. The average molecular weight is 467 g/mol. The molecule has 0 aliphatic heterocycles. The fourth-order valence-corrected chi connectivity index (χ4v) is 3.61. The molecule has 7 nitrogen and oxygen atoms in total. The molecule has 0 saturated heterocycles. The lowest BCUT2D eigenvalue weighted by Gasteiger charge is -2.10. The van der Waals surface area contributed by atoms with Gasteiger partial charge in [-0.05, 0) is 30.3 Å². The Morgan fingerprint density at radius 2 is 1.90 bits per heavy atom. The van der Waals surface area contributed by atoms with Gasteiger partial charge < -0.3 is 19.4 Å². The first-order valence-electron chi connectivity index (χ1n) is 8.99. The number of rotatable bonds is 9. The molecule has 1 N–H and O–H groups in total. The maximum atomic E-state index is 12.3. The first-order chi connectivity index (χ1) is 14.5. The molecule has 158 valence electrons. The Bertz CT molecular complexity index is 1030. The number of halogens is 2. The number of methoxy groups -OCH3 is 1. The molecule has 0 unspecified atom stereocenters. The minimum Gasteiger partial charge on any atom is -0.493 e. The van der Waals surface area contributed by atoms with Crippen LogP contribution >= 0.6 is 35.0 Å². The van der Waals surface area contributed by atoms with Gasteiger partial charge in [0.2, 0.25) is 5.91 Å². The molecule has 0 aliphatic carbocycles. The zero-order valence-electron chi connectivity index (χ0n) is 16.4. The van der Waals surface area contributed by atoms with E-state index >= 15 is 0 Å². The smallest absolute Gasteiger partial charge is 0.232 e. The fourth-order valence-electron chi connectivity index (χ4n) is 2.57. The van der Waals surface area contributed by atoms with Gasteiger partial charge in [0.05, 0.1) is 30.2 Å². The molecule has 3 rings (SSSR count). The average Bonchev–Trinajstić information content (AvgIpc) is 3.07. The van der Waals surface area contributed by atoms with Gasteiger partial charge in [-0.1, -0.05) is 47.1 Å². The third-order valence-electron chi connectivity index (χ3n) is 4.09. The van der Waals surface area contributed by atoms with Crippen molar-refractivity contribution in [2.24, 2.45) is 7.05 Å². The van der Waals surface area contributed by atoms with E-state index in [0.717, 1.165) is 0 Å². The summed E-state index contributed by atoms with van der Waals surface area (Å²) in [4.78, 5) is 12.3. The summed E-state index contributed by atoms with van der Waals surface area (Å²) >= 11 is 13.4. The summed E-state index contributed by atoms with van der Waals surface area (Å²) in [6.07, 6.45) is 0.0853. The number of para-hydroxylation sites is 2. The van der Waals surface area contributed by atoms with Gasteiger partial charge in [0.15, 0.2) is 16.7 Å². The summed E-state index contributed by atoms with van der Waals surface area (Å²) in [5.41, 5.74) is 0.569. The predicted octanol–water partition coefficient (Wildman–Crippen LogP) is 4.48. The molecule has 10 heteroatoms. The van der Waals surface area contributed by atoms with Crippen LogP contribution in [0.25, 0.3) is 0 Å². The number of aromatic nitrogens is 3. The minimum absolute atomic E-state index is 0.0853. The highest BCUT2D eigenvalue weighted by atomic mass is 35.5. The van der Waals surface area contributed by atoms with Crippen LogP contribution < -0.4 is 14.8 Å². The second-order valence-electron chi connectivity index (χ2n) is 6.16. The lowest BCUT2D eigenvalue weighted by molar-refractivity contribution is -0.115. The van der Waals surface area contributed by atoms with E-state index in [0.29, 0.717) is 50.6 Å². The maximum absolute atomic E-state index is 12.3. The zero-order valence-corrected chi connectivity index (χ0v) is 18.7. The number of amides is 1. The van der Waals surface area contributed by atoms with E-state index in [1.165, 1.54) is 11.8 Å². The van der Waals surface area contributed by atoms with Gasteiger partial charge in [0, 0.05) is 18.5 Å². The van der Waals surface area contributed by atoms with E-state index in [4.69, 9.17) is 32.7 Å². The number of nitrogens with one attached hydrogen (secondary N) is 1. The standard InChI is InChI=1S/C20H20Cl2N4O3S/c1-26-18(12-19(27)23-13-7-8-14(21)15(22)11-13)24-25-20(26)30-10-9-29-17-6-4-3-5-16(17)28-2/h3-8,11H,9-10,12H2,1-2H3,(H,23,27). The normalized spacial score (nSPS) is 10.7. The number of ether oxygens (including phenoxy) is 2. The van der Waals surface area contributed by atoms with Gasteiger partial charge in [-0.15, -0.1) is 10.2 Å². The van der Waals surface area contributed by atoms with Crippen LogP contribution in [0.5, 0.6) is 11.5 Å². The van der Waals surface area contributed by atoms with Crippen molar-refractivity contribution < 1.29 is 14.3 Å². The molecule has 1 heterocycles. The maximum Gasteiger partial charge on any atom is 0.232 e. The third-order valence-corrected chi connectivity index (χ3v) is 5.81. The Morgan fingerprint density at radius 3 is 2.63 bits per heavy atom. The molecule has 0 fully saturated rings. The van der Waals surface area contributed by atoms with Crippen molar-refractivity contribution in [2.75, 3.05) is 24.8 Å². The lowest BCUT2D eigenvalue weighted by Crippen LogP contribution is -2.17. The van der Waals surface area contributed by atoms with E-state index in [-0.39, 0.29) is 12.3 Å². The molecule has 1 aromatic heterocycles. The van der Waals surface area contributed by atoms with Gasteiger partial charge in [0.1, 0.15) is 5.82 Å². The molecule has 3 aromatic rings. The largest absolute Gasteiger partial charge is 0.493 e. The Labute approximate surface area is 188 Å². The molecule has 0 spiro atoms. The van der Waals surface area contributed by atoms with E-state index in [9.17, 15) is 4.79 Å². The summed E-state index contributed by atoms with van der Waals surface area (Å²) in [6, 6.07) is 12.4. The number of nitrogens with zero attached hydrogens (tertiary/aromatic N) is 3. The predicted molar refractivity (Wildman–Crippen MR) is 119 cm³/mol. The second kappa shape index (κ2) is 10.6. The summed E-state index contributed by atoms with van der Waals surface area (Å²) in [6.45, 7) is 0.477. The van der Waals surface area contributed by atoms with E-state index < -0.39 is 0 Å². The SMILES string of the molecule is COc1ccccc1OCCSc1nnc(CC(=O)Nc2ccc(Cl)c(Cl)c2)n1C. The van der Waals surface area contributed by atoms with E-state index in [1.54, 1.807) is 29.9 Å². The highest BCUT2D eigenvalue weighted by molar-refractivity contribution is 7.99. The van der Waals surface area contributed by atoms with Crippen LogP contribution in [-0.2, 0) is 18.3 Å². The van der Waals surface area contributed by atoms with Crippen molar-refractivity contribution in [2.45, 2.75) is 11.6 Å². The highest BCUT2D eigenvalue weighted by Crippen LogP contribution is 2.27. The van der Waals surface area contributed by atoms with Gasteiger partial charge in [-0.3, -0.25) is 4.79 Å². The molecule has 0 radical (unpaired) electrons.